The fourth-order valence-corrected chi connectivity index (χ4v) is 2.44. The zero-order valence-corrected chi connectivity index (χ0v) is 10.5. The molecule has 0 spiro atoms. The smallest absolute Gasteiger partial charge is 0.335 e. The minimum Gasteiger partial charge on any atom is -0.478 e. The van der Waals surface area contributed by atoms with Gasteiger partial charge < -0.3 is 5.11 Å². The summed E-state index contributed by atoms with van der Waals surface area (Å²) in [5.74, 6) is -0.275. The van der Waals surface area contributed by atoms with Crippen LogP contribution in [0.25, 0.3) is 0 Å². The van der Waals surface area contributed by atoms with Crippen LogP contribution < -0.4 is 0 Å². The third-order valence-electron chi connectivity index (χ3n) is 3.48. The number of nitrogens with zero attached hydrogens (tertiary/aromatic N) is 1. The number of rotatable bonds is 4. The van der Waals surface area contributed by atoms with Gasteiger partial charge >= 0.3 is 5.97 Å². The average Bonchev–Trinajstić information content (AvgIpc) is 2.39. The number of likely N-dealkylation sites (tertiary alicyclic amines) is 1. The molecule has 1 aliphatic heterocycles. The maximum absolute atomic E-state index is 10.8. The Morgan fingerprint density at radius 2 is 2.17 bits per heavy atom. The van der Waals surface area contributed by atoms with Gasteiger partial charge in [0.25, 0.3) is 0 Å². The molecule has 18 heavy (non-hydrogen) atoms. The predicted molar refractivity (Wildman–Crippen MR) is 71.6 cm³/mol. The molecule has 1 heterocycles. The lowest BCUT2D eigenvalue weighted by Gasteiger charge is -2.31. The van der Waals surface area contributed by atoms with Gasteiger partial charge in [0.05, 0.1) is 5.56 Å². The van der Waals surface area contributed by atoms with E-state index in [1.54, 1.807) is 12.1 Å². The van der Waals surface area contributed by atoms with Crippen LogP contribution in [-0.4, -0.2) is 29.1 Å². The highest BCUT2D eigenvalue weighted by molar-refractivity contribution is 5.87. The molecule has 0 aromatic heterocycles. The van der Waals surface area contributed by atoms with E-state index in [0.29, 0.717) is 11.5 Å². The topological polar surface area (TPSA) is 40.5 Å². The van der Waals surface area contributed by atoms with E-state index in [9.17, 15) is 4.79 Å². The van der Waals surface area contributed by atoms with E-state index in [-0.39, 0.29) is 0 Å². The van der Waals surface area contributed by atoms with Crippen molar-refractivity contribution in [2.75, 3.05) is 13.1 Å². The Kier molecular flexibility index (Phi) is 4.15. The van der Waals surface area contributed by atoms with Gasteiger partial charge in [-0.2, -0.15) is 0 Å². The van der Waals surface area contributed by atoms with Crippen LogP contribution in [0.15, 0.2) is 36.9 Å². The molecule has 1 aliphatic rings. The molecule has 2 rings (SSSR count). The van der Waals surface area contributed by atoms with Crippen LogP contribution in [0.2, 0.25) is 0 Å². The van der Waals surface area contributed by atoms with Crippen molar-refractivity contribution < 1.29 is 9.90 Å². The van der Waals surface area contributed by atoms with E-state index in [2.05, 4.69) is 11.5 Å². The third kappa shape index (κ3) is 3.20. The maximum atomic E-state index is 10.8. The molecule has 1 aromatic rings. The molecule has 1 unspecified atom stereocenters. The van der Waals surface area contributed by atoms with Gasteiger partial charge in [-0.05, 0) is 43.0 Å². The monoisotopic (exact) mass is 245 g/mol. The first-order chi connectivity index (χ1) is 8.69. The van der Waals surface area contributed by atoms with Gasteiger partial charge in [0.2, 0.25) is 0 Å². The Labute approximate surface area is 108 Å². The molecule has 1 aromatic carbocycles. The first-order valence-corrected chi connectivity index (χ1v) is 6.36. The SMILES string of the molecule is C=CC1CCCN(Cc2ccc(C(=O)O)cc2)C1. The molecule has 0 amide bonds. The lowest BCUT2D eigenvalue weighted by atomic mass is 9.98. The van der Waals surface area contributed by atoms with Gasteiger partial charge in [-0.15, -0.1) is 6.58 Å². The van der Waals surface area contributed by atoms with Crippen LogP contribution in [0.1, 0.15) is 28.8 Å². The number of carboxylic acids is 1. The van der Waals surface area contributed by atoms with Gasteiger partial charge in [0.1, 0.15) is 0 Å². The molecule has 0 aliphatic carbocycles. The Morgan fingerprint density at radius 3 is 2.78 bits per heavy atom. The van der Waals surface area contributed by atoms with E-state index < -0.39 is 5.97 Å². The maximum Gasteiger partial charge on any atom is 0.335 e. The highest BCUT2D eigenvalue weighted by atomic mass is 16.4. The summed E-state index contributed by atoms with van der Waals surface area (Å²) in [6.45, 7) is 6.93. The van der Waals surface area contributed by atoms with Gasteiger partial charge in [-0.3, -0.25) is 4.90 Å². The van der Waals surface area contributed by atoms with Gasteiger partial charge in [-0.1, -0.05) is 18.2 Å². The second kappa shape index (κ2) is 5.83. The minimum absolute atomic E-state index is 0.348. The van der Waals surface area contributed by atoms with Crippen molar-refractivity contribution in [3.63, 3.8) is 0 Å². The second-order valence-electron chi connectivity index (χ2n) is 4.88. The Hall–Kier alpha value is -1.61. The highest BCUT2D eigenvalue weighted by Crippen LogP contribution is 2.19. The Balaban J connectivity index is 1.96. The Bertz CT molecular complexity index is 425. The molecule has 1 fully saturated rings. The van der Waals surface area contributed by atoms with Crippen molar-refractivity contribution in [2.24, 2.45) is 5.92 Å². The van der Waals surface area contributed by atoms with Crippen LogP contribution in [0.4, 0.5) is 0 Å². The lowest BCUT2D eigenvalue weighted by Crippen LogP contribution is -2.34. The van der Waals surface area contributed by atoms with Crippen molar-refractivity contribution in [3.05, 3.63) is 48.0 Å². The minimum atomic E-state index is -0.869. The molecule has 1 atom stereocenters. The number of benzene rings is 1. The van der Waals surface area contributed by atoms with Crippen molar-refractivity contribution in [1.82, 2.24) is 4.90 Å². The van der Waals surface area contributed by atoms with Crippen LogP contribution in [0.3, 0.4) is 0 Å². The van der Waals surface area contributed by atoms with E-state index in [1.165, 1.54) is 18.4 Å². The quantitative estimate of drug-likeness (QED) is 0.829. The van der Waals surface area contributed by atoms with Gasteiger partial charge in [0, 0.05) is 13.1 Å². The number of piperidine rings is 1. The Morgan fingerprint density at radius 1 is 1.44 bits per heavy atom. The molecular weight excluding hydrogens is 226 g/mol. The van der Waals surface area contributed by atoms with Crippen molar-refractivity contribution >= 4 is 5.97 Å². The number of hydrogen-bond donors (Lipinski definition) is 1. The molecule has 0 radical (unpaired) electrons. The first-order valence-electron chi connectivity index (χ1n) is 6.36. The summed E-state index contributed by atoms with van der Waals surface area (Å²) in [4.78, 5) is 13.2. The number of aromatic carboxylic acids is 1. The third-order valence-corrected chi connectivity index (χ3v) is 3.48. The number of hydrogen-bond acceptors (Lipinski definition) is 2. The average molecular weight is 245 g/mol. The summed E-state index contributed by atoms with van der Waals surface area (Å²) in [5, 5.41) is 8.84. The summed E-state index contributed by atoms with van der Waals surface area (Å²) >= 11 is 0. The van der Waals surface area contributed by atoms with Gasteiger partial charge in [-0.25, -0.2) is 4.79 Å². The molecule has 96 valence electrons. The lowest BCUT2D eigenvalue weighted by molar-refractivity contribution is 0.0697. The van der Waals surface area contributed by atoms with E-state index >= 15 is 0 Å². The van der Waals surface area contributed by atoms with E-state index in [0.717, 1.165) is 19.6 Å². The van der Waals surface area contributed by atoms with Crippen LogP contribution in [0, 0.1) is 5.92 Å². The highest BCUT2D eigenvalue weighted by Gasteiger charge is 2.17. The fourth-order valence-electron chi connectivity index (χ4n) is 2.44. The summed E-state index contributed by atoms with van der Waals surface area (Å²) < 4.78 is 0. The molecule has 0 bridgehead atoms. The predicted octanol–water partition coefficient (Wildman–Crippen LogP) is 2.78. The van der Waals surface area contributed by atoms with E-state index in [1.807, 2.05) is 18.2 Å². The van der Waals surface area contributed by atoms with Crippen molar-refractivity contribution in [3.8, 4) is 0 Å². The van der Waals surface area contributed by atoms with Crippen molar-refractivity contribution in [1.29, 1.82) is 0 Å². The second-order valence-corrected chi connectivity index (χ2v) is 4.88. The van der Waals surface area contributed by atoms with Crippen molar-refractivity contribution in [2.45, 2.75) is 19.4 Å². The summed E-state index contributed by atoms with van der Waals surface area (Å²) in [6.07, 6.45) is 4.49. The zero-order chi connectivity index (χ0) is 13.0. The molecule has 1 N–H and O–H groups in total. The normalized spacial score (nSPS) is 20.6. The molecular formula is C15H19NO2. The van der Waals surface area contributed by atoms with Crippen LogP contribution >= 0.6 is 0 Å². The summed E-state index contributed by atoms with van der Waals surface area (Å²) in [5.41, 5.74) is 1.52. The number of carbonyl (C=O) groups is 1. The molecule has 3 nitrogen and oxygen atoms in total. The molecule has 3 heteroatoms. The fraction of sp³-hybridized carbons (Fsp3) is 0.400. The molecule has 0 saturated carbocycles. The standard InChI is InChI=1S/C15H19NO2/c1-2-12-4-3-9-16(10-12)11-13-5-7-14(8-6-13)15(17)18/h2,5-8,12H,1,3-4,9-11H2,(H,17,18). The van der Waals surface area contributed by atoms with E-state index in [4.69, 9.17) is 5.11 Å². The van der Waals surface area contributed by atoms with Crippen LogP contribution in [-0.2, 0) is 6.54 Å². The molecule has 1 saturated heterocycles. The number of carboxylic acid groups (broad SMARTS) is 1. The summed E-state index contributed by atoms with van der Waals surface area (Å²) in [6, 6.07) is 7.15. The largest absolute Gasteiger partial charge is 0.478 e. The summed E-state index contributed by atoms with van der Waals surface area (Å²) in [7, 11) is 0. The van der Waals surface area contributed by atoms with Gasteiger partial charge in [0.15, 0.2) is 0 Å². The zero-order valence-electron chi connectivity index (χ0n) is 10.5. The first kappa shape index (κ1) is 12.8. The van der Waals surface area contributed by atoms with Crippen LogP contribution in [0.5, 0.6) is 0 Å².